The molecule has 6 heteroatoms. The van der Waals surface area contributed by atoms with Gasteiger partial charge in [0.1, 0.15) is 22.9 Å². The van der Waals surface area contributed by atoms with Crippen LogP contribution in [0.4, 0.5) is 17.1 Å². The third kappa shape index (κ3) is 2.01. The molecule has 0 fully saturated rings. The zero-order valence-corrected chi connectivity index (χ0v) is 11.6. The number of nitrogens with zero attached hydrogens (tertiary/aromatic N) is 1. The number of phenols is 3. The fourth-order valence-corrected chi connectivity index (χ4v) is 2.48. The van der Waals surface area contributed by atoms with E-state index in [1.807, 2.05) is 0 Å². The summed E-state index contributed by atoms with van der Waals surface area (Å²) < 4.78 is 0. The summed E-state index contributed by atoms with van der Waals surface area (Å²) in [4.78, 5) is 14.1. The number of aromatic hydroxyl groups is 3. The first-order chi connectivity index (χ1) is 10.5. The monoisotopic (exact) mass is 298 g/mol. The highest BCUT2D eigenvalue weighted by molar-refractivity contribution is 6.15. The van der Waals surface area contributed by atoms with Gasteiger partial charge in [-0.3, -0.25) is 4.79 Å². The van der Waals surface area contributed by atoms with Crippen molar-refractivity contribution in [2.24, 2.45) is 0 Å². The van der Waals surface area contributed by atoms with Crippen LogP contribution in [-0.4, -0.2) is 27.8 Å². The van der Waals surface area contributed by atoms with Crippen LogP contribution >= 0.6 is 0 Å². The number of amides is 1. The number of fused-ring (bicyclic) bond motifs is 2. The van der Waals surface area contributed by atoms with Crippen molar-refractivity contribution in [1.82, 2.24) is 0 Å². The molecule has 0 saturated carbocycles. The van der Waals surface area contributed by atoms with Crippen molar-refractivity contribution in [2.75, 3.05) is 16.8 Å². The number of phenolic OH excluding ortho intramolecular Hbond substituents is 3. The van der Waals surface area contributed by atoms with Crippen molar-refractivity contribution in [3.05, 3.63) is 48.6 Å². The first kappa shape index (κ1) is 13.8. The van der Waals surface area contributed by atoms with E-state index in [0.717, 1.165) is 6.07 Å². The van der Waals surface area contributed by atoms with Crippen LogP contribution in [0.3, 0.4) is 0 Å². The first-order valence-corrected chi connectivity index (χ1v) is 6.60. The fraction of sp³-hybridized carbons (Fsp3) is 0.0625. The summed E-state index contributed by atoms with van der Waals surface area (Å²) in [7, 11) is 0. The van der Waals surface area contributed by atoms with E-state index in [0.29, 0.717) is 5.69 Å². The van der Waals surface area contributed by atoms with Crippen LogP contribution in [0.15, 0.2) is 43.0 Å². The first-order valence-electron chi connectivity index (χ1n) is 6.60. The van der Waals surface area contributed by atoms with E-state index in [9.17, 15) is 20.1 Å². The Morgan fingerprint density at radius 2 is 1.91 bits per heavy atom. The zero-order valence-electron chi connectivity index (χ0n) is 11.6. The van der Waals surface area contributed by atoms with Gasteiger partial charge in [-0.15, -0.1) is 6.58 Å². The molecule has 0 bridgehead atoms. The molecule has 1 heterocycles. The minimum atomic E-state index is -0.373. The Bertz CT molecular complexity index is 786. The van der Waals surface area contributed by atoms with Crippen molar-refractivity contribution in [2.45, 2.75) is 0 Å². The maximum absolute atomic E-state index is 12.7. The molecule has 0 spiro atoms. The number of hydrogen-bond donors (Lipinski definition) is 4. The number of benzene rings is 2. The third-order valence-electron chi connectivity index (χ3n) is 3.45. The number of rotatable bonds is 2. The van der Waals surface area contributed by atoms with Gasteiger partial charge >= 0.3 is 0 Å². The number of carbonyl (C=O) groups is 1. The molecule has 0 aliphatic carbocycles. The van der Waals surface area contributed by atoms with E-state index < -0.39 is 0 Å². The van der Waals surface area contributed by atoms with Gasteiger partial charge in [-0.25, -0.2) is 0 Å². The standard InChI is InChI=1S/C16H14N2O4/c1-2-6-18-11-7-9(19)8-13(21)15(11)17-14-10(16(18)22)4-3-5-12(14)20/h2-5,7-8,17,19-21H,1,6H2. The molecule has 3 rings (SSSR count). The lowest BCUT2D eigenvalue weighted by atomic mass is 10.1. The predicted octanol–water partition coefficient (Wildman–Crippen LogP) is 2.69. The van der Waals surface area contributed by atoms with Crippen molar-refractivity contribution in [1.29, 1.82) is 0 Å². The van der Waals surface area contributed by atoms with Crippen molar-refractivity contribution in [3.8, 4) is 17.2 Å². The molecule has 0 aromatic heterocycles. The smallest absolute Gasteiger partial charge is 0.260 e. The van der Waals surface area contributed by atoms with Crippen molar-refractivity contribution >= 4 is 23.0 Å². The number of hydrogen-bond acceptors (Lipinski definition) is 5. The normalized spacial score (nSPS) is 12.9. The van der Waals surface area contributed by atoms with Gasteiger partial charge in [0.25, 0.3) is 5.91 Å². The Morgan fingerprint density at radius 1 is 1.14 bits per heavy atom. The van der Waals surface area contributed by atoms with E-state index in [-0.39, 0.29) is 46.6 Å². The van der Waals surface area contributed by atoms with E-state index >= 15 is 0 Å². The largest absolute Gasteiger partial charge is 0.508 e. The summed E-state index contributed by atoms with van der Waals surface area (Å²) in [5, 5.41) is 32.7. The van der Waals surface area contributed by atoms with Gasteiger partial charge in [-0.1, -0.05) is 12.1 Å². The second-order valence-electron chi connectivity index (χ2n) is 4.89. The van der Waals surface area contributed by atoms with Crippen LogP contribution in [-0.2, 0) is 0 Å². The van der Waals surface area contributed by atoms with Gasteiger partial charge in [-0.05, 0) is 12.1 Å². The highest BCUT2D eigenvalue weighted by Gasteiger charge is 2.29. The number of nitrogens with one attached hydrogen (secondary N) is 1. The third-order valence-corrected chi connectivity index (χ3v) is 3.45. The molecule has 2 aromatic carbocycles. The molecule has 0 saturated heterocycles. The highest BCUT2D eigenvalue weighted by Crippen LogP contribution is 2.45. The van der Waals surface area contributed by atoms with Gasteiger partial charge in [0, 0.05) is 18.7 Å². The number of para-hydroxylation sites is 1. The lowest BCUT2D eigenvalue weighted by molar-refractivity contribution is 0.0991. The Kier molecular flexibility index (Phi) is 3.14. The minimum absolute atomic E-state index is 0.107. The SMILES string of the molecule is C=CCN1C(=O)c2cccc(O)c2Nc2c(O)cc(O)cc21. The van der Waals surface area contributed by atoms with Gasteiger partial charge in [0.05, 0.1) is 16.9 Å². The van der Waals surface area contributed by atoms with Crippen LogP contribution < -0.4 is 10.2 Å². The van der Waals surface area contributed by atoms with Crippen LogP contribution in [0.2, 0.25) is 0 Å². The molecular weight excluding hydrogens is 284 g/mol. The average molecular weight is 298 g/mol. The number of carbonyl (C=O) groups excluding carboxylic acids is 1. The van der Waals surface area contributed by atoms with Gasteiger partial charge < -0.3 is 25.5 Å². The molecule has 0 radical (unpaired) electrons. The lowest BCUT2D eigenvalue weighted by Gasteiger charge is -2.21. The van der Waals surface area contributed by atoms with E-state index in [1.165, 1.54) is 23.1 Å². The fourth-order valence-electron chi connectivity index (χ4n) is 2.48. The summed E-state index contributed by atoms with van der Waals surface area (Å²) in [5.41, 5.74) is 1.00. The van der Waals surface area contributed by atoms with Gasteiger partial charge in [0.15, 0.2) is 0 Å². The molecule has 4 N–H and O–H groups in total. The Morgan fingerprint density at radius 3 is 2.64 bits per heavy atom. The van der Waals surface area contributed by atoms with Crippen LogP contribution in [0, 0.1) is 0 Å². The second-order valence-corrected chi connectivity index (χ2v) is 4.89. The maximum atomic E-state index is 12.7. The van der Waals surface area contributed by atoms with Gasteiger partial charge in [0.2, 0.25) is 0 Å². The Balaban J connectivity index is 2.31. The number of anilines is 3. The maximum Gasteiger partial charge on any atom is 0.260 e. The molecular formula is C16H14N2O4. The van der Waals surface area contributed by atoms with Gasteiger partial charge in [-0.2, -0.15) is 0 Å². The topological polar surface area (TPSA) is 93.0 Å². The molecule has 6 nitrogen and oxygen atoms in total. The minimum Gasteiger partial charge on any atom is -0.508 e. The van der Waals surface area contributed by atoms with E-state index in [1.54, 1.807) is 12.1 Å². The summed E-state index contributed by atoms with van der Waals surface area (Å²) in [5.74, 6) is -0.880. The van der Waals surface area contributed by atoms with E-state index in [4.69, 9.17) is 0 Å². The van der Waals surface area contributed by atoms with Crippen LogP contribution in [0.5, 0.6) is 17.2 Å². The molecule has 2 aromatic rings. The van der Waals surface area contributed by atoms with Crippen molar-refractivity contribution in [3.63, 3.8) is 0 Å². The predicted molar refractivity (Wildman–Crippen MR) is 83.0 cm³/mol. The van der Waals surface area contributed by atoms with E-state index in [2.05, 4.69) is 11.9 Å². The average Bonchev–Trinajstić information content (AvgIpc) is 2.58. The van der Waals surface area contributed by atoms with Crippen LogP contribution in [0.25, 0.3) is 0 Å². The molecule has 112 valence electrons. The van der Waals surface area contributed by atoms with Crippen molar-refractivity contribution < 1.29 is 20.1 Å². The molecule has 0 unspecified atom stereocenters. The summed E-state index contributed by atoms with van der Waals surface area (Å²) >= 11 is 0. The molecule has 1 amide bonds. The lowest BCUT2D eigenvalue weighted by Crippen LogP contribution is -2.30. The summed E-state index contributed by atoms with van der Waals surface area (Å²) in [6.45, 7) is 3.81. The Labute approximate surface area is 126 Å². The quantitative estimate of drug-likeness (QED) is 0.388. The molecule has 1 aliphatic heterocycles. The summed E-state index contributed by atoms with van der Waals surface area (Å²) in [6, 6.07) is 7.11. The second kappa shape index (κ2) is 5.00. The molecule has 22 heavy (non-hydrogen) atoms. The van der Waals surface area contributed by atoms with Crippen LogP contribution in [0.1, 0.15) is 10.4 Å². The zero-order chi connectivity index (χ0) is 15.9. The molecule has 0 atom stereocenters. The summed E-state index contributed by atoms with van der Waals surface area (Å²) in [6.07, 6.45) is 1.54. The highest BCUT2D eigenvalue weighted by atomic mass is 16.3. The Hall–Kier alpha value is -3.15. The molecule has 1 aliphatic rings.